The number of thioether (sulfide) groups is 1. The number of hydrogen-bond acceptors (Lipinski definition) is 5. The van der Waals surface area contributed by atoms with Crippen molar-refractivity contribution < 1.29 is 9.21 Å². The average Bonchev–Trinajstić information content (AvgIpc) is 3.25. The molecule has 0 bridgehead atoms. The molecule has 0 spiro atoms. The Morgan fingerprint density at radius 2 is 2.15 bits per heavy atom. The number of furan rings is 1. The number of hydrogen-bond donors (Lipinski definition) is 1. The molecule has 2 heterocycles. The molecule has 1 amide bonds. The van der Waals surface area contributed by atoms with Crippen LogP contribution in [-0.2, 0) is 11.3 Å². The van der Waals surface area contributed by atoms with Crippen molar-refractivity contribution in [2.24, 2.45) is 5.92 Å². The summed E-state index contributed by atoms with van der Waals surface area (Å²) in [6.45, 7) is 6.97. The maximum Gasteiger partial charge on any atom is 0.234 e. The average molecular weight is 449 g/mol. The van der Waals surface area contributed by atoms with Crippen molar-refractivity contribution in [3.8, 4) is 11.6 Å². The molecule has 0 saturated heterocycles. The highest BCUT2D eigenvalue weighted by atomic mass is 79.9. The molecule has 27 heavy (non-hydrogen) atoms. The van der Waals surface area contributed by atoms with E-state index in [-0.39, 0.29) is 11.7 Å². The van der Waals surface area contributed by atoms with Crippen LogP contribution in [0.25, 0.3) is 11.6 Å². The predicted octanol–water partition coefficient (Wildman–Crippen LogP) is 5.00. The SMILES string of the molecule is Cc1cc(Br)ccc1NC(=O)CSc1nnc(-c2ccco2)n1CC(C)C. The molecule has 6 nitrogen and oxygen atoms in total. The molecule has 0 aliphatic rings. The molecule has 0 radical (unpaired) electrons. The van der Waals surface area contributed by atoms with E-state index < -0.39 is 0 Å². The van der Waals surface area contributed by atoms with Gasteiger partial charge < -0.3 is 9.73 Å². The van der Waals surface area contributed by atoms with Crippen molar-refractivity contribution in [1.29, 1.82) is 0 Å². The number of carbonyl (C=O) groups is 1. The van der Waals surface area contributed by atoms with E-state index in [9.17, 15) is 4.79 Å². The van der Waals surface area contributed by atoms with Gasteiger partial charge in [0, 0.05) is 16.7 Å². The van der Waals surface area contributed by atoms with Crippen molar-refractivity contribution in [3.05, 3.63) is 46.6 Å². The number of anilines is 1. The van der Waals surface area contributed by atoms with Crippen LogP contribution < -0.4 is 5.32 Å². The van der Waals surface area contributed by atoms with Gasteiger partial charge in [0.2, 0.25) is 5.91 Å². The molecule has 2 aromatic heterocycles. The number of nitrogens with one attached hydrogen (secondary N) is 1. The van der Waals surface area contributed by atoms with Crippen LogP contribution in [0.1, 0.15) is 19.4 Å². The lowest BCUT2D eigenvalue weighted by Crippen LogP contribution is -2.16. The smallest absolute Gasteiger partial charge is 0.234 e. The van der Waals surface area contributed by atoms with Gasteiger partial charge in [0.05, 0.1) is 12.0 Å². The summed E-state index contributed by atoms with van der Waals surface area (Å²) in [7, 11) is 0. The minimum atomic E-state index is -0.0796. The molecule has 8 heteroatoms. The van der Waals surface area contributed by atoms with Crippen molar-refractivity contribution in [2.45, 2.75) is 32.5 Å². The molecular weight excluding hydrogens is 428 g/mol. The monoisotopic (exact) mass is 448 g/mol. The first-order valence-corrected chi connectivity index (χ1v) is 10.4. The summed E-state index contributed by atoms with van der Waals surface area (Å²) in [5.41, 5.74) is 1.81. The number of halogens is 1. The Hall–Kier alpha value is -2.06. The minimum Gasteiger partial charge on any atom is -0.461 e. The maximum absolute atomic E-state index is 12.4. The fourth-order valence-electron chi connectivity index (χ4n) is 2.60. The minimum absolute atomic E-state index is 0.0796. The summed E-state index contributed by atoms with van der Waals surface area (Å²) < 4.78 is 8.46. The maximum atomic E-state index is 12.4. The number of aryl methyl sites for hydroxylation is 1. The molecule has 0 atom stereocenters. The molecule has 0 aliphatic heterocycles. The topological polar surface area (TPSA) is 73.0 Å². The first-order valence-electron chi connectivity index (χ1n) is 8.60. The van der Waals surface area contributed by atoms with Crippen LogP contribution in [-0.4, -0.2) is 26.4 Å². The summed E-state index contributed by atoms with van der Waals surface area (Å²) >= 11 is 4.80. The third kappa shape index (κ3) is 5.01. The third-order valence-electron chi connectivity index (χ3n) is 3.80. The zero-order chi connectivity index (χ0) is 19.4. The van der Waals surface area contributed by atoms with Crippen LogP contribution in [0.15, 0.2) is 50.6 Å². The van der Waals surface area contributed by atoms with E-state index in [1.54, 1.807) is 6.26 Å². The van der Waals surface area contributed by atoms with Gasteiger partial charge in [-0.15, -0.1) is 10.2 Å². The van der Waals surface area contributed by atoms with E-state index in [4.69, 9.17) is 4.42 Å². The van der Waals surface area contributed by atoms with Crippen LogP contribution in [0.4, 0.5) is 5.69 Å². The van der Waals surface area contributed by atoms with E-state index in [0.717, 1.165) is 22.3 Å². The number of amides is 1. The van der Waals surface area contributed by atoms with Crippen LogP contribution >= 0.6 is 27.7 Å². The zero-order valence-corrected chi connectivity index (χ0v) is 17.8. The van der Waals surface area contributed by atoms with Gasteiger partial charge in [0.1, 0.15) is 0 Å². The molecule has 3 rings (SSSR count). The quantitative estimate of drug-likeness (QED) is 0.514. The number of benzene rings is 1. The van der Waals surface area contributed by atoms with Crippen LogP contribution in [0.2, 0.25) is 0 Å². The first-order chi connectivity index (χ1) is 12.9. The normalized spacial score (nSPS) is 11.1. The highest BCUT2D eigenvalue weighted by Crippen LogP contribution is 2.26. The van der Waals surface area contributed by atoms with Gasteiger partial charge in [-0.05, 0) is 48.7 Å². The van der Waals surface area contributed by atoms with Crippen molar-refractivity contribution in [3.63, 3.8) is 0 Å². The van der Waals surface area contributed by atoms with Crippen molar-refractivity contribution >= 4 is 39.3 Å². The fraction of sp³-hybridized carbons (Fsp3) is 0.316. The lowest BCUT2D eigenvalue weighted by molar-refractivity contribution is -0.113. The van der Waals surface area contributed by atoms with E-state index in [1.807, 2.05) is 41.8 Å². The third-order valence-corrected chi connectivity index (χ3v) is 5.26. The van der Waals surface area contributed by atoms with E-state index in [0.29, 0.717) is 22.7 Å². The van der Waals surface area contributed by atoms with Gasteiger partial charge in [0.25, 0.3) is 0 Å². The summed E-state index contributed by atoms with van der Waals surface area (Å²) in [6, 6.07) is 9.45. The van der Waals surface area contributed by atoms with Crippen LogP contribution in [0, 0.1) is 12.8 Å². The second-order valence-electron chi connectivity index (χ2n) is 6.58. The Morgan fingerprint density at radius 3 is 2.81 bits per heavy atom. The standard InChI is InChI=1S/C19H21BrN4O2S/c1-12(2)10-24-18(16-5-4-8-26-16)22-23-19(24)27-11-17(25)21-15-7-6-14(20)9-13(15)3/h4-9,12H,10-11H2,1-3H3,(H,21,25). The first kappa shape index (κ1) is 19.7. The van der Waals surface area contributed by atoms with Gasteiger partial charge in [-0.2, -0.15) is 0 Å². The van der Waals surface area contributed by atoms with Crippen LogP contribution in [0.3, 0.4) is 0 Å². The Bertz CT molecular complexity index is 922. The number of carbonyl (C=O) groups excluding carboxylic acids is 1. The Labute approximate surface area is 170 Å². The zero-order valence-electron chi connectivity index (χ0n) is 15.4. The number of rotatable bonds is 7. The molecule has 1 aromatic carbocycles. The van der Waals surface area contributed by atoms with Gasteiger partial charge in [0.15, 0.2) is 16.7 Å². The molecule has 3 aromatic rings. The molecule has 1 N–H and O–H groups in total. The fourth-order valence-corrected chi connectivity index (χ4v) is 3.82. The number of aromatic nitrogens is 3. The second-order valence-corrected chi connectivity index (χ2v) is 8.44. The van der Waals surface area contributed by atoms with E-state index in [2.05, 4.69) is 45.3 Å². The lowest BCUT2D eigenvalue weighted by atomic mass is 10.2. The predicted molar refractivity (Wildman–Crippen MR) is 111 cm³/mol. The van der Waals surface area contributed by atoms with Crippen molar-refractivity contribution in [1.82, 2.24) is 14.8 Å². The Balaban J connectivity index is 1.70. The largest absolute Gasteiger partial charge is 0.461 e. The summed E-state index contributed by atoms with van der Waals surface area (Å²) in [4.78, 5) is 12.4. The van der Waals surface area contributed by atoms with Crippen LogP contribution in [0.5, 0.6) is 0 Å². The Kier molecular flexibility index (Phi) is 6.38. The Morgan fingerprint density at radius 1 is 1.33 bits per heavy atom. The van der Waals surface area contributed by atoms with Crippen molar-refractivity contribution in [2.75, 3.05) is 11.1 Å². The van der Waals surface area contributed by atoms with Gasteiger partial charge in [-0.3, -0.25) is 9.36 Å². The highest BCUT2D eigenvalue weighted by Gasteiger charge is 2.18. The second kappa shape index (κ2) is 8.75. The van der Waals surface area contributed by atoms with E-state index in [1.165, 1.54) is 11.8 Å². The lowest BCUT2D eigenvalue weighted by Gasteiger charge is -2.12. The highest BCUT2D eigenvalue weighted by molar-refractivity contribution is 9.10. The summed E-state index contributed by atoms with van der Waals surface area (Å²) in [5, 5.41) is 12.2. The van der Waals surface area contributed by atoms with E-state index >= 15 is 0 Å². The number of nitrogens with zero attached hydrogens (tertiary/aromatic N) is 3. The molecule has 0 saturated carbocycles. The molecule has 0 aliphatic carbocycles. The van der Waals surface area contributed by atoms with Gasteiger partial charge in [-0.1, -0.05) is 41.5 Å². The molecule has 0 fully saturated rings. The van der Waals surface area contributed by atoms with Gasteiger partial charge >= 0.3 is 0 Å². The molecular formula is C19H21BrN4O2S. The molecule has 142 valence electrons. The molecule has 0 unspecified atom stereocenters. The van der Waals surface area contributed by atoms with Gasteiger partial charge in [-0.25, -0.2) is 0 Å². The summed E-state index contributed by atoms with van der Waals surface area (Å²) in [6.07, 6.45) is 1.62. The summed E-state index contributed by atoms with van der Waals surface area (Å²) in [5.74, 6) is 1.94.